The van der Waals surface area contributed by atoms with Gasteiger partial charge in [-0.1, -0.05) is 29.4 Å². The van der Waals surface area contributed by atoms with Crippen molar-refractivity contribution >= 4 is 69.2 Å². The van der Waals surface area contributed by atoms with Crippen LogP contribution >= 0.6 is 23.1 Å². The molecule has 2 aliphatic heterocycles. The first-order valence-electron chi connectivity index (χ1n) is 14.6. The number of carboxylic acid groups (broad SMARTS) is 2. The molecule has 254 valence electrons. The average molecular weight is 707 g/mol. The third kappa shape index (κ3) is 6.32. The Morgan fingerprint density at radius 1 is 1.24 bits per heavy atom. The second-order valence-corrected chi connectivity index (χ2v) is 13.7. The summed E-state index contributed by atoms with van der Waals surface area (Å²) in [6.45, 7) is 3.18. The number of aliphatic carboxylic acids is 2. The monoisotopic (exact) mass is 706 g/mol. The van der Waals surface area contributed by atoms with Gasteiger partial charge in [0.2, 0.25) is 5.60 Å². The number of hydrogen-bond acceptors (Lipinski definition) is 12. The van der Waals surface area contributed by atoms with E-state index < -0.39 is 46.5 Å². The van der Waals surface area contributed by atoms with Gasteiger partial charge in [0.05, 0.1) is 23.9 Å². The lowest BCUT2D eigenvalue weighted by Gasteiger charge is -2.50. The van der Waals surface area contributed by atoms with E-state index in [4.69, 9.17) is 21.7 Å². The highest BCUT2D eigenvalue weighted by Crippen LogP contribution is 2.40. The van der Waals surface area contributed by atoms with Gasteiger partial charge in [-0.3, -0.25) is 19.9 Å². The number of thioether (sulfide) groups is 1. The molecule has 1 fully saturated rings. The van der Waals surface area contributed by atoms with Crippen LogP contribution in [0, 0.1) is 5.41 Å². The Morgan fingerprint density at radius 3 is 2.61 bits per heavy atom. The molecule has 0 aliphatic carbocycles. The Morgan fingerprint density at radius 2 is 1.98 bits per heavy atom. The van der Waals surface area contributed by atoms with Crippen LogP contribution in [0.2, 0.25) is 0 Å². The zero-order valence-corrected chi connectivity index (χ0v) is 27.7. The van der Waals surface area contributed by atoms with E-state index in [-0.39, 0.29) is 34.7 Å². The molecule has 7 N–H and O–H groups in total. The van der Waals surface area contributed by atoms with Gasteiger partial charge in [-0.05, 0) is 19.4 Å². The molecule has 0 saturated carbocycles. The standard InChI is InChI=1S/C30H30N10O7S2/c1-30(2,28(45)46)47-36-20(18-14-49-29(33)34-18)24(41)35-21-25(42)40-22(27(43)44)17(13-48-26(21)40)12-38-8-7-19-37(9-10-39(19)38)11-15-3-5-16(6-4-15)23(31)32/h3-10,14,21,26H,11-13H2,1-2H3,(H7-,31,32,33,34,35,41,43,44,45,46)/b36-20-/t21-,26-/m1/s1. The highest BCUT2D eigenvalue weighted by atomic mass is 32.2. The predicted octanol–water partition coefficient (Wildman–Crippen LogP) is -0.913. The molecule has 3 aromatic heterocycles. The highest BCUT2D eigenvalue weighted by Gasteiger charge is 2.53. The van der Waals surface area contributed by atoms with Crippen LogP contribution in [0.5, 0.6) is 0 Å². The Hall–Kier alpha value is -5.69. The number of hydrogen-bond donors (Lipinski definition) is 5. The number of carbonyl (C=O) groups is 4. The lowest BCUT2D eigenvalue weighted by Crippen LogP contribution is -2.71. The van der Waals surface area contributed by atoms with E-state index in [1.807, 2.05) is 50.6 Å². The van der Waals surface area contributed by atoms with Crippen LogP contribution < -0.4 is 26.6 Å². The maximum Gasteiger partial charge on any atom is 0.350 e. The summed E-state index contributed by atoms with van der Waals surface area (Å²) in [4.78, 5) is 60.9. The maximum absolute atomic E-state index is 13.4. The van der Waals surface area contributed by atoms with Crippen molar-refractivity contribution in [1.82, 2.24) is 24.3 Å². The van der Waals surface area contributed by atoms with Crippen LogP contribution in [-0.2, 0) is 37.1 Å². The fourth-order valence-electron chi connectivity index (χ4n) is 5.29. The fraction of sp³-hybridized carbons (Fsp3) is 0.267. The number of oxime groups is 1. The molecule has 1 aromatic carbocycles. The van der Waals surface area contributed by atoms with Crippen molar-refractivity contribution < 1.29 is 38.9 Å². The van der Waals surface area contributed by atoms with Crippen molar-refractivity contribution in [2.45, 2.75) is 44.0 Å². The van der Waals surface area contributed by atoms with Crippen LogP contribution in [0.1, 0.15) is 30.7 Å². The quantitative estimate of drug-likeness (QED) is 0.0396. The second-order valence-electron chi connectivity index (χ2n) is 11.7. The van der Waals surface area contributed by atoms with Gasteiger partial charge >= 0.3 is 5.97 Å². The summed E-state index contributed by atoms with van der Waals surface area (Å²) in [6, 6.07) is 8.13. The molecule has 49 heavy (non-hydrogen) atoms. The normalized spacial score (nSPS) is 17.9. The second kappa shape index (κ2) is 12.7. The van der Waals surface area contributed by atoms with Crippen LogP contribution in [0.4, 0.5) is 5.13 Å². The zero-order chi connectivity index (χ0) is 35.2. The van der Waals surface area contributed by atoms with Crippen molar-refractivity contribution in [2.24, 2.45) is 10.9 Å². The summed E-state index contributed by atoms with van der Waals surface area (Å²) < 4.78 is 5.69. The minimum Gasteiger partial charge on any atom is -0.543 e. The largest absolute Gasteiger partial charge is 0.543 e. The molecular formula is C30H30N10O7S2. The van der Waals surface area contributed by atoms with Gasteiger partial charge in [-0.15, -0.1) is 32.3 Å². The summed E-state index contributed by atoms with van der Waals surface area (Å²) in [7, 11) is 0. The number of anilines is 1. The van der Waals surface area contributed by atoms with E-state index in [0.29, 0.717) is 17.7 Å². The number of nitrogens with two attached hydrogens (primary N) is 2. The molecule has 0 radical (unpaired) electrons. The number of thiazole rings is 1. The number of carboxylic acids is 2. The van der Waals surface area contributed by atoms with Gasteiger partial charge in [0.1, 0.15) is 22.9 Å². The van der Waals surface area contributed by atoms with Crippen molar-refractivity contribution in [1.29, 1.82) is 5.41 Å². The summed E-state index contributed by atoms with van der Waals surface area (Å²) in [5.74, 6) is -4.19. The van der Waals surface area contributed by atoms with Gasteiger partial charge in [-0.25, -0.2) is 9.78 Å². The average Bonchev–Trinajstić information content (AvgIpc) is 3.78. The van der Waals surface area contributed by atoms with E-state index in [1.165, 1.54) is 31.0 Å². The Bertz CT molecular complexity index is 2080. The van der Waals surface area contributed by atoms with Gasteiger partial charge in [0.25, 0.3) is 11.8 Å². The van der Waals surface area contributed by atoms with Crippen molar-refractivity contribution in [3.8, 4) is 0 Å². The first-order chi connectivity index (χ1) is 23.2. The number of nitrogen functional groups attached to an aromatic ring is 2. The van der Waals surface area contributed by atoms with Gasteiger partial charge in [0.15, 0.2) is 29.2 Å². The molecule has 5 heterocycles. The molecule has 2 aliphatic rings. The van der Waals surface area contributed by atoms with Crippen molar-refractivity contribution in [2.75, 3.05) is 11.5 Å². The van der Waals surface area contributed by atoms with Gasteiger partial charge < -0.3 is 41.2 Å². The summed E-state index contributed by atoms with van der Waals surface area (Å²) in [5.41, 5.74) is 11.7. The van der Waals surface area contributed by atoms with Crippen molar-refractivity contribution in [3.05, 3.63) is 82.4 Å². The van der Waals surface area contributed by atoms with E-state index >= 15 is 0 Å². The van der Waals surface area contributed by atoms with E-state index in [2.05, 4.69) is 15.5 Å². The third-order valence-electron chi connectivity index (χ3n) is 7.95. The number of carbonyl (C=O) groups excluding carboxylic acids is 3. The van der Waals surface area contributed by atoms with Crippen LogP contribution in [0.15, 0.2) is 70.7 Å². The number of aromatic nitrogens is 4. The van der Waals surface area contributed by atoms with Crippen molar-refractivity contribution in [3.63, 3.8) is 0 Å². The first-order valence-corrected chi connectivity index (χ1v) is 16.6. The minimum absolute atomic E-state index is 0.00831. The molecule has 17 nitrogen and oxygen atoms in total. The number of amides is 2. The fourth-order valence-corrected chi connectivity index (χ4v) is 7.17. The molecule has 0 spiro atoms. The summed E-state index contributed by atoms with van der Waals surface area (Å²) >= 11 is 2.29. The third-order valence-corrected chi connectivity index (χ3v) is 9.96. The molecule has 0 bridgehead atoms. The number of imidazole rings is 1. The van der Waals surface area contributed by atoms with E-state index in [1.54, 1.807) is 12.1 Å². The first kappa shape index (κ1) is 33.2. The lowest BCUT2D eigenvalue weighted by molar-refractivity contribution is -0.753. The van der Waals surface area contributed by atoms with Gasteiger partial charge in [-0.2, -0.15) is 0 Å². The summed E-state index contributed by atoms with van der Waals surface area (Å²) in [6.07, 6.45) is 5.54. The number of nitrogens with zero attached hydrogens (tertiary/aromatic N) is 6. The predicted molar refractivity (Wildman–Crippen MR) is 175 cm³/mol. The highest BCUT2D eigenvalue weighted by molar-refractivity contribution is 8.00. The van der Waals surface area contributed by atoms with E-state index in [9.17, 15) is 29.4 Å². The molecular weight excluding hydrogens is 677 g/mol. The molecule has 19 heteroatoms. The number of benzene rings is 1. The number of rotatable bonds is 12. The maximum atomic E-state index is 13.4. The molecule has 0 unspecified atom stereocenters. The molecule has 2 atom stereocenters. The molecule has 6 rings (SSSR count). The minimum atomic E-state index is -1.78. The molecule has 2 amide bonds. The number of β-lactam (4-membered cyclic amide) rings is 1. The Balaban J connectivity index is 1.19. The number of nitrogens with one attached hydrogen (secondary N) is 2. The summed E-state index contributed by atoms with van der Waals surface area (Å²) in [5, 5.41) is 36.5. The van der Waals surface area contributed by atoms with Crippen LogP contribution in [-0.4, -0.2) is 82.1 Å². The lowest BCUT2D eigenvalue weighted by atomic mass is 10.0. The van der Waals surface area contributed by atoms with Crippen LogP contribution in [0.25, 0.3) is 5.65 Å². The van der Waals surface area contributed by atoms with Gasteiger partial charge in [0, 0.05) is 35.0 Å². The smallest absolute Gasteiger partial charge is 0.350 e. The number of fused-ring (bicyclic) bond motifs is 2. The SMILES string of the molecule is CC(C)(O/N=C(\C(=O)N[C@@H]1C(=O)N2C(C(=O)[O-])=C(C[n+]3ccc4n(Cc5ccc(C(=N)N)cc5)ccn43)CS[C@H]12)c1csc(N)n1)C(=O)O. The van der Waals surface area contributed by atoms with E-state index in [0.717, 1.165) is 27.4 Å². The topological polar surface area (TPSA) is 250 Å². The zero-order valence-electron chi connectivity index (χ0n) is 26.0. The molecule has 1 saturated heterocycles. The molecule has 4 aromatic rings. The Labute approximate surface area is 285 Å². The number of amidine groups is 1. The Kier molecular flexibility index (Phi) is 8.63. The van der Waals surface area contributed by atoms with Crippen LogP contribution in [0.3, 0.4) is 0 Å².